The molecule has 0 radical (unpaired) electrons. The van der Waals surface area contributed by atoms with Gasteiger partial charge in [-0.3, -0.25) is 4.79 Å². The van der Waals surface area contributed by atoms with Crippen molar-refractivity contribution in [2.45, 2.75) is 32.9 Å². The average Bonchev–Trinajstić information content (AvgIpc) is 3.11. The van der Waals surface area contributed by atoms with Crippen molar-refractivity contribution in [2.75, 3.05) is 6.61 Å². The number of esters is 1. The number of furan rings is 1. The van der Waals surface area contributed by atoms with Crippen LogP contribution in [0.5, 0.6) is 5.75 Å². The van der Waals surface area contributed by atoms with E-state index >= 15 is 0 Å². The first-order valence-electron chi connectivity index (χ1n) is 7.84. The molecule has 1 N–H and O–H groups in total. The van der Waals surface area contributed by atoms with E-state index in [2.05, 4.69) is 5.32 Å². The summed E-state index contributed by atoms with van der Waals surface area (Å²) in [6, 6.07) is 10.1. The molecule has 0 aliphatic carbocycles. The molecule has 1 aromatic carbocycles. The lowest BCUT2D eigenvalue weighted by Crippen LogP contribution is -2.35. The number of carbonyl (C=O) groups is 2. The average molecular weight is 331 g/mol. The van der Waals surface area contributed by atoms with Crippen LogP contribution in [0.2, 0.25) is 0 Å². The van der Waals surface area contributed by atoms with Gasteiger partial charge in [0.05, 0.1) is 25.0 Å². The number of ether oxygens (including phenoxy) is 2. The maximum absolute atomic E-state index is 12.1. The molecule has 24 heavy (non-hydrogen) atoms. The molecule has 0 aliphatic rings. The Morgan fingerprint density at radius 2 is 1.96 bits per heavy atom. The van der Waals surface area contributed by atoms with Crippen LogP contribution in [0.1, 0.15) is 36.4 Å². The van der Waals surface area contributed by atoms with Crippen molar-refractivity contribution in [3.05, 3.63) is 54.0 Å². The summed E-state index contributed by atoms with van der Waals surface area (Å²) in [6.45, 7) is 4.41. The van der Waals surface area contributed by atoms with Crippen molar-refractivity contribution in [3.63, 3.8) is 0 Å². The van der Waals surface area contributed by atoms with Crippen LogP contribution in [0, 0.1) is 0 Å². The minimum absolute atomic E-state index is 0.247. The third-order valence-electron chi connectivity index (χ3n) is 3.23. The second-order valence-corrected chi connectivity index (χ2v) is 5.22. The number of rotatable bonds is 8. The van der Waals surface area contributed by atoms with E-state index < -0.39 is 12.1 Å². The van der Waals surface area contributed by atoms with E-state index in [1.165, 1.54) is 13.2 Å². The summed E-state index contributed by atoms with van der Waals surface area (Å²) in [4.78, 5) is 24.0. The summed E-state index contributed by atoms with van der Waals surface area (Å²) in [5.41, 5.74) is 0.365. The van der Waals surface area contributed by atoms with Crippen molar-refractivity contribution in [1.82, 2.24) is 5.32 Å². The first-order valence-corrected chi connectivity index (χ1v) is 7.84. The van der Waals surface area contributed by atoms with Crippen LogP contribution in [0.25, 0.3) is 0 Å². The van der Waals surface area contributed by atoms with E-state index in [9.17, 15) is 9.59 Å². The van der Waals surface area contributed by atoms with Crippen molar-refractivity contribution >= 4 is 11.9 Å². The fourth-order valence-electron chi connectivity index (χ4n) is 1.92. The molecule has 0 fully saturated rings. The molecular weight excluding hydrogens is 310 g/mol. The predicted molar refractivity (Wildman–Crippen MR) is 87.7 cm³/mol. The molecule has 128 valence electrons. The number of amides is 1. The lowest BCUT2D eigenvalue weighted by molar-refractivity contribution is -0.129. The molecule has 0 saturated carbocycles. The number of nitrogens with one attached hydrogen (secondary N) is 1. The van der Waals surface area contributed by atoms with Crippen molar-refractivity contribution < 1.29 is 23.5 Å². The van der Waals surface area contributed by atoms with Crippen LogP contribution in [0.3, 0.4) is 0 Å². The molecule has 0 unspecified atom stereocenters. The second kappa shape index (κ2) is 8.76. The highest BCUT2D eigenvalue weighted by atomic mass is 16.5. The van der Waals surface area contributed by atoms with E-state index in [-0.39, 0.29) is 12.5 Å². The highest BCUT2D eigenvalue weighted by Crippen LogP contribution is 2.14. The molecular formula is C18H21NO5. The van der Waals surface area contributed by atoms with Gasteiger partial charge in [-0.05, 0) is 49.7 Å². The Hall–Kier alpha value is -2.76. The molecule has 0 aliphatic heterocycles. The van der Waals surface area contributed by atoms with Gasteiger partial charge in [0.15, 0.2) is 6.10 Å². The molecule has 0 spiro atoms. The molecule has 1 amide bonds. The van der Waals surface area contributed by atoms with Crippen LogP contribution in [-0.2, 0) is 16.1 Å². The second-order valence-electron chi connectivity index (χ2n) is 5.22. The van der Waals surface area contributed by atoms with Crippen LogP contribution in [-0.4, -0.2) is 24.6 Å². The first kappa shape index (κ1) is 17.6. The number of benzene rings is 1. The Morgan fingerprint density at radius 1 is 1.21 bits per heavy atom. The van der Waals surface area contributed by atoms with E-state index in [0.29, 0.717) is 23.7 Å². The van der Waals surface area contributed by atoms with Crippen molar-refractivity contribution in [2.24, 2.45) is 0 Å². The smallest absolute Gasteiger partial charge is 0.338 e. The largest absolute Gasteiger partial charge is 0.494 e. The van der Waals surface area contributed by atoms with Gasteiger partial charge in [0.2, 0.25) is 0 Å². The van der Waals surface area contributed by atoms with Gasteiger partial charge in [-0.15, -0.1) is 0 Å². The summed E-state index contributed by atoms with van der Waals surface area (Å²) < 4.78 is 15.7. The fourth-order valence-corrected chi connectivity index (χ4v) is 1.92. The van der Waals surface area contributed by atoms with E-state index in [0.717, 1.165) is 6.42 Å². The third kappa shape index (κ3) is 5.15. The SMILES string of the molecule is CCCOc1ccc(C(=O)O[C@H](C)C(=O)NCc2ccco2)cc1. The number of hydrogen-bond donors (Lipinski definition) is 1. The fraction of sp³-hybridized carbons (Fsp3) is 0.333. The van der Waals surface area contributed by atoms with Gasteiger partial charge in [-0.1, -0.05) is 6.92 Å². The van der Waals surface area contributed by atoms with Crippen LogP contribution < -0.4 is 10.1 Å². The summed E-state index contributed by atoms with van der Waals surface area (Å²) in [6.07, 6.45) is 1.54. The standard InChI is InChI=1S/C18H21NO5/c1-3-10-22-15-8-6-14(7-9-15)18(21)24-13(2)17(20)19-12-16-5-4-11-23-16/h4-9,11,13H,3,10,12H2,1-2H3,(H,19,20)/t13-/m1/s1. The monoisotopic (exact) mass is 331 g/mol. The number of carbonyl (C=O) groups excluding carboxylic acids is 2. The summed E-state index contributed by atoms with van der Waals surface area (Å²) >= 11 is 0. The van der Waals surface area contributed by atoms with Crippen LogP contribution in [0.4, 0.5) is 0 Å². The van der Waals surface area contributed by atoms with E-state index in [1.807, 2.05) is 6.92 Å². The quantitative estimate of drug-likeness (QED) is 0.753. The normalized spacial score (nSPS) is 11.6. The Bertz CT molecular complexity index is 649. The third-order valence-corrected chi connectivity index (χ3v) is 3.23. The Balaban J connectivity index is 1.82. The number of hydrogen-bond acceptors (Lipinski definition) is 5. The Morgan fingerprint density at radius 3 is 2.58 bits per heavy atom. The zero-order valence-corrected chi connectivity index (χ0v) is 13.8. The molecule has 2 aromatic rings. The molecule has 1 atom stereocenters. The molecule has 2 rings (SSSR count). The van der Waals surface area contributed by atoms with Crippen molar-refractivity contribution in [3.8, 4) is 5.75 Å². The maximum Gasteiger partial charge on any atom is 0.338 e. The molecule has 6 nitrogen and oxygen atoms in total. The zero-order valence-electron chi connectivity index (χ0n) is 13.8. The van der Waals surface area contributed by atoms with E-state index in [1.54, 1.807) is 36.4 Å². The highest BCUT2D eigenvalue weighted by Gasteiger charge is 2.19. The molecule has 0 bridgehead atoms. The van der Waals surface area contributed by atoms with Gasteiger partial charge in [-0.2, -0.15) is 0 Å². The Labute approximate surface area is 140 Å². The van der Waals surface area contributed by atoms with Crippen LogP contribution in [0.15, 0.2) is 47.1 Å². The van der Waals surface area contributed by atoms with Gasteiger partial charge in [0, 0.05) is 0 Å². The van der Waals surface area contributed by atoms with Gasteiger partial charge in [0.1, 0.15) is 11.5 Å². The minimum atomic E-state index is -0.900. The summed E-state index contributed by atoms with van der Waals surface area (Å²) in [5.74, 6) is 0.377. The summed E-state index contributed by atoms with van der Waals surface area (Å²) in [7, 11) is 0. The van der Waals surface area contributed by atoms with Crippen molar-refractivity contribution in [1.29, 1.82) is 0 Å². The Kier molecular flexibility index (Phi) is 6.42. The van der Waals surface area contributed by atoms with Gasteiger partial charge < -0.3 is 19.2 Å². The highest BCUT2D eigenvalue weighted by molar-refractivity contribution is 5.92. The molecule has 6 heteroatoms. The minimum Gasteiger partial charge on any atom is -0.494 e. The predicted octanol–water partition coefficient (Wildman–Crippen LogP) is 2.93. The zero-order chi connectivity index (χ0) is 17.4. The topological polar surface area (TPSA) is 77.8 Å². The molecule has 1 aromatic heterocycles. The van der Waals surface area contributed by atoms with Gasteiger partial charge >= 0.3 is 5.97 Å². The van der Waals surface area contributed by atoms with Gasteiger partial charge in [0.25, 0.3) is 5.91 Å². The summed E-state index contributed by atoms with van der Waals surface area (Å²) in [5, 5.41) is 2.64. The lowest BCUT2D eigenvalue weighted by atomic mass is 10.2. The first-order chi connectivity index (χ1) is 11.6. The lowest BCUT2D eigenvalue weighted by Gasteiger charge is -2.13. The maximum atomic E-state index is 12.1. The van der Waals surface area contributed by atoms with Crippen LogP contribution >= 0.6 is 0 Å². The molecule has 1 heterocycles. The molecule has 0 saturated heterocycles. The van der Waals surface area contributed by atoms with E-state index in [4.69, 9.17) is 13.9 Å². The van der Waals surface area contributed by atoms with Gasteiger partial charge in [-0.25, -0.2) is 4.79 Å².